The number of likely N-dealkylation sites (tertiary alicyclic amines) is 1. The number of carbonyl (C=O) groups is 1. The second-order valence-corrected chi connectivity index (χ2v) is 8.74. The van der Waals surface area contributed by atoms with Crippen molar-refractivity contribution in [3.63, 3.8) is 0 Å². The number of alkyl halides is 3. The summed E-state index contributed by atoms with van der Waals surface area (Å²) >= 11 is 0. The molecule has 1 aromatic heterocycles. The second kappa shape index (κ2) is 9.87. The van der Waals surface area contributed by atoms with Gasteiger partial charge >= 0.3 is 12.1 Å². The summed E-state index contributed by atoms with van der Waals surface area (Å²) in [4.78, 5) is 18.3. The lowest BCUT2D eigenvalue weighted by atomic mass is 9.90. The molecule has 1 aliphatic rings. The molecular weight excluding hydrogens is 431 g/mol. The van der Waals surface area contributed by atoms with Gasteiger partial charge < -0.3 is 9.42 Å². The number of aromatic nitrogens is 2. The third-order valence-electron chi connectivity index (χ3n) is 6.03. The highest BCUT2D eigenvalue weighted by Gasteiger charge is 2.38. The van der Waals surface area contributed by atoms with Gasteiger partial charge in [0, 0.05) is 43.1 Å². The van der Waals surface area contributed by atoms with E-state index < -0.39 is 12.1 Å². The van der Waals surface area contributed by atoms with Gasteiger partial charge in [-0.15, -0.1) is 0 Å². The SMILES string of the molecule is C[C@@H](CCCC(=O)c1ccc(-c2noc(C(F)(F)F)n2)cc1)CN1CC(c2ccccc2)C1. The van der Waals surface area contributed by atoms with Crippen molar-refractivity contribution in [2.45, 2.75) is 38.3 Å². The predicted octanol–water partition coefficient (Wildman–Crippen LogP) is 5.84. The third-order valence-corrected chi connectivity index (χ3v) is 6.03. The van der Waals surface area contributed by atoms with E-state index in [1.54, 1.807) is 12.1 Å². The van der Waals surface area contributed by atoms with Crippen LogP contribution in [-0.2, 0) is 6.18 Å². The van der Waals surface area contributed by atoms with E-state index in [2.05, 4.69) is 50.8 Å². The summed E-state index contributed by atoms with van der Waals surface area (Å²) in [5.74, 6) is -0.393. The minimum atomic E-state index is -4.68. The molecule has 0 N–H and O–H groups in total. The van der Waals surface area contributed by atoms with E-state index in [1.165, 1.54) is 17.7 Å². The van der Waals surface area contributed by atoms with Gasteiger partial charge in [-0.3, -0.25) is 4.79 Å². The van der Waals surface area contributed by atoms with Crippen LogP contribution in [0, 0.1) is 5.92 Å². The first-order valence-electron chi connectivity index (χ1n) is 11.1. The van der Waals surface area contributed by atoms with Crippen LogP contribution in [0.2, 0.25) is 0 Å². The molecule has 0 unspecified atom stereocenters. The number of nitrogens with zero attached hydrogens (tertiary/aromatic N) is 3. The van der Waals surface area contributed by atoms with Gasteiger partial charge in [-0.2, -0.15) is 18.2 Å². The van der Waals surface area contributed by atoms with Crippen molar-refractivity contribution in [1.29, 1.82) is 0 Å². The highest BCUT2D eigenvalue weighted by molar-refractivity contribution is 5.96. The molecule has 0 spiro atoms. The van der Waals surface area contributed by atoms with Gasteiger partial charge in [0.25, 0.3) is 0 Å². The van der Waals surface area contributed by atoms with E-state index in [9.17, 15) is 18.0 Å². The molecule has 0 amide bonds. The van der Waals surface area contributed by atoms with Gasteiger partial charge in [0.2, 0.25) is 5.82 Å². The average Bonchev–Trinajstić information content (AvgIpc) is 3.27. The fourth-order valence-corrected chi connectivity index (χ4v) is 4.20. The first-order valence-corrected chi connectivity index (χ1v) is 11.1. The summed E-state index contributed by atoms with van der Waals surface area (Å²) in [6, 6.07) is 16.8. The van der Waals surface area contributed by atoms with Crippen LogP contribution in [0.4, 0.5) is 13.2 Å². The van der Waals surface area contributed by atoms with Crippen molar-refractivity contribution < 1.29 is 22.5 Å². The van der Waals surface area contributed by atoms with Crippen LogP contribution in [0.5, 0.6) is 0 Å². The first-order chi connectivity index (χ1) is 15.8. The lowest BCUT2D eigenvalue weighted by Gasteiger charge is -2.41. The summed E-state index contributed by atoms with van der Waals surface area (Å²) in [5.41, 5.74) is 2.29. The lowest BCUT2D eigenvalue weighted by Crippen LogP contribution is -2.46. The Hall–Kier alpha value is -3.00. The third kappa shape index (κ3) is 5.87. The molecule has 3 aromatic rings. The largest absolute Gasteiger partial charge is 0.471 e. The number of halogens is 3. The topological polar surface area (TPSA) is 59.2 Å². The zero-order valence-corrected chi connectivity index (χ0v) is 18.4. The van der Waals surface area contributed by atoms with E-state index in [-0.39, 0.29) is 11.6 Å². The molecule has 33 heavy (non-hydrogen) atoms. The Morgan fingerprint density at radius 2 is 1.82 bits per heavy atom. The first kappa shape index (κ1) is 23.2. The second-order valence-electron chi connectivity index (χ2n) is 8.74. The highest BCUT2D eigenvalue weighted by atomic mass is 19.4. The van der Waals surface area contributed by atoms with Gasteiger partial charge in [-0.1, -0.05) is 66.7 Å². The Labute approximate surface area is 190 Å². The molecular formula is C25H26F3N3O2. The number of ketones is 1. The van der Waals surface area contributed by atoms with Crippen molar-refractivity contribution in [2.24, 2.45) is 5.92 Å². The van der Waals surface area contributed by atoms with E-state index in [0.717, 1.165) is 32.5 Å². The van der Waals surface area contributed by atoms with Crippen LogP contribution < -0.4 is 0 Å². The van der Waals surface area contributed by atoms with Gasteiger partial charge in [-0.05, 0) is 24.3 Å². The zero-order chi connectivity index (χ0) is 23.4. The summed E-state index contributed by atoms with van der Waals surface area (Å²) in [6.45, 7) is 5.43. The molecule has 1 atom stereocenters. The molecule has 0 radical (unpaired) electrons. The molecule has 2 heterocycles. The van der Waals surface area contributed by atoms with E-state index in [4.69, 9.17) is 0 Å². The molecule has 5 nitrogen and oxygen atoms in total. The Bertz CT molecular complexity index is 1060. The summed E-state index contributed by atoms with van der Waals surface area (Å²) in [5, 5.41) is 3.36. The van der Waals surface area contributed by atoms with Crippen LogP contribution in [0.1, 0.15) is 53.9 Å². The lowest BCUT2D eigenvalue weighted by molar-refractivity contribution is -0.159. The van der Waals surface area contributed by atoms with Crippen molar-refractivity contribution >= 4 is 5.78 Å². The van der Waals surface area contributed by atoms with E-state index >= 15 is 0 Å². The smallest absolute Gasteiger partial charge is 0.329 e. The van der Waals surface area contributed by atoms with E-state index in [0.29, 0.717) is 29.4 Å². The fraction of sp³-hybridized carbons (Fsp3) is 0.400. The van der Waals surface area contributed by atoms with Gasteiger partial charge in [0.05, 0.1) is 0 Å². The number of hydrogen-bond acceptors (Lipinski definition) is 5. The van der Waals surface area contributed by atoms with Crippen LogP contribution in [0.25, 0.3) is 11.4 Å². The molecule has 2 aromatic carbocycles. The molecule has 4 rings (SSSR count). The van der Waals surface area contributed by atoms with Crippen LogP contribution in [0.3, 0.4) is 0 Å². The summed E-state index contributed by atoms with van der Waals surface area (Å²) in [6.07, 6.45) is -2.47. The standard InChI is InChI=1S/C25H26F3N3O2/c1-17(14-31-15-21(16-31)18-7-3-2-4-8-18)6-5-9-22(32)19-10-12-20(13-11-19)23-29-24(33-30-23)25(26,27)28/h2-4,7-8,10-13,17,21H,5-6,9,14-16H2,1H3/t17-/m0/s1. The van der Waals surface area contributed by atoms with Crippen molar-refractivity contribution in [3.05, 3.63) is 71.6 Å². The molecule has 1 fully saturated rings. The number of hydrogen-bond donors (Lipinski definition) is 0. The number of carbonyl (C=O) groups excluding carboxylic acids is 1. The molecule has 174 valence electrons. The minimum absolute atomic E-state index is 0.0194. The summed E-state index contributed by atoms with van der Waals surface area (Å²) < 4.78 is 42.0. The molecule has 1 aliphatic heterocycles. The van der Waals surface area contributed by atoms with Crippen LogP contribution in [0.15, 0.2) is 59.1 Å². The molecule has 0 saturated carbocycles. The van der Waals surface area contributed by atoms with Gasteiger partial charge in [0.15, 0.2) is 5.78 Å². The quantitative estimate of drug-likeness (QED) is 0.378. The van der Waals surface area contributed by atoms with Crippen molar-refractivity contribution in [2.75, 3.05) is 19.6 Å². The minimum Gasteiger partial charge on any atom is -0.329 e. The van der Waals surface area contributed by atoms with Crippen molar-refractivity contribution in [1.82, 2.24) is 15.0 Å². The maximum atomic E-state index is 12.6. The van der Waals surface area contributed by atoms with Crippen molar-refractivity contribution in [3.8, 4) is 11.4 Å². The zero-order valence-electron chi connectivity index (χ0n) is 18.4. The maximum absolute atomic E-state index is 12.6. The number of rotatable bonds is 9. The Morgan fingerprint density at radius 3 is 2.45 bits per heavy atom. The monoisotopic (exact) mass is 457 g/mol. The Morgan fingerprint density at radius 1 is 1.12 bits per heavy atom. The van der Waals surface area contributed by atoms with E-state index in [1.807, 2.05) is 6.07 Å². The fourth-order valence-electron chi connectivity index (χ4n) is 4.20. The Balaban J connectivity index is 1.19. The van der Waals surface area contributed by atoms with Gasteiger partial charge in [0.1, 0.15) is 0 Å². The highest BCUT2D eigenvalue weighted by Crippen LogP contribution is 2.30. The molecule has 1 saturated heterocycles. The summed E-state index contributed by atoms with van der Waals surface area (Å²) in [7, 11) is 0. The average molecular weight is 457 g/mol. The van der Waals surface area contributed by atoms with Crippen LogP contribution in [-0.4, -0.2) is 40.5 Å². The van der Waals surface area contributed by atoms with Crippen LogP contribution >= 0.6 is 0 Å². The Kier molecular flexibility index (Phi) is 6.93. The normalized spacial score (nSPS) is 15.9. The number of Topliss-reactive ketones (excluding diaryl/α,β-unsaturated/α-hetero) is 1. The molecule has 0 aliphatic carbocycles. The number of benzene rings is 2. The molecule has 8 heteroatoms. The molecule has 0 bridgehead atoms. The maximum Gasteiger partial charge on any atom is 0.471 e. The predicted molar refractivity (Wildman–Crippen MR) is 118 cm³/mol. The van der Waals surface area contributed by atoms with Gasteiger partial charge in [-0.25, -0.2) is 0 Å².